The highest BCUT2D eigenvalue weighted by molar-refractivity contribution is 7.98. The molecule has 0 atom stereocenters. The first-order chi connectivity index (χ1) is 12.9. The lowest BCUT2D eigenvalue weighted by Gasteiger charge is -2.20. The van der Waals surface area contributed by atoms with Crippen LogP contribution in [0.15, 0.2) is 29.4 Å². The highest BCUT2D eigenvalue weighted by Gasteiger charge is 2.18. The summed E-state index contributed by atoms with van der Waals surface area (Å²) < 4.78 is 7.09. The van der Waals surface area contributed by atoms with Crippen LogP contribution in [0.2, 0.25) is 0 Å². The molecule has 2 aromatic heterocycles. The molecular weight excluding hydrogens is 362 g/mol. The second-order valence-corrected chi connectivity index (χ2v) is 7.08. The average Bonchev–Trinajstić information content (AvgIpc) is 3.08. The smallest absolute Gasteiger partial charge is 0.253 e. The number of aryl methyl sites for hydroxylation is 2. The minimum atomic E-state index is 0.0125. The number of ether oxygens (including phenoxy) is 1. The quantitative estimate of drug-likeness (QED) is 0.608. The van der Waals surface area contributed by atoms with Gasteiger partial charge in [-0.3, -0.25) is 4.79 Å². The summed E-state index contributed by atoms with van der Waals surface area (Å²) in [4.78, 5) is 23.4. The highest BCUT2D eigenvalue weighted by Crippen LogP contribution is 2.21. The first-order valence-electron chi connectivity index (χ1n) is 8.57. The van der Waals surface area contributed by atoms with Crippen LogP contribution in [-0.4, -0.2) is 50.8 Å². The Kier molecular flexibility index (Phi) is 5.65. The number of carbonyl (C=O) groups is 1. The van der Waals surface area contributed by atoms with Crippen molar-refractivity contribution in [2.45, 2.75) is 32.0 Å². The molecule has 3 rings (SSSR count). The Morgan fingerprint density at radius 1 is 1.26 bits per heavy atom. The lowest BCUT2D eigenvalue weighted by molar-refractivity contribution is -0.129. The molecule has 0 saturated carbocycles. The van der Waals surface area contributed by atoms with E-state index in [4.69, 9.17) is 4.74 Å². The van der Waals surface area contributed by atoms with Gasteiger partial charge in [0.15, 0.2) is 0 Å². The summed E-state index contributed by atoms with van der Waals surface area (Å²) in [6, 6.07) is 7.72. The fourth-order valence-corrected chi connectivity index (χ4v) is 3.33. The number of likely N-dealkylation sites (N-methyl/N-ethyl adjacent to an activating group) is 1. The SMILES string of the molecule is COc1ccccc1CN(C)C(=O)Cc1c(C)nc2nc(SC)nn2c1C. The van der Waals surface area contributed by atoms with Gasteiger partial charge in [0, 0.05) is 36.1 Å². The van der Waals surface area contributed by atoms with Crippen LogP contribution in [0.25, 0.3) is 5.78 Å². The molecule has 0 bridgehead atoms. The van der Waals surface area contributed by atoms with Crippen molar-refractivity contribution in [3.05, 3.63) is 46.8 Å². The van der Waals surface area contributed by atoms with E-state index < -0.39 is 0 Å². The van der Waals surface area contributed by atoms with E-state index in [1.165, 1.54) is 11.8 Å². The van der Waals surface area contributed by atoms with Crippen molar-refractivity contribution in [2.24, 2.45) is 0 Å². The van der Waals surface area contributed by atoms with Gasteiger partial charge >= 0.3 is 0 Å². The summed E-state index contributed by atoms with van der Waals surface area (Å²) in [6.07, 6.45) is 2.19. The summed E-state index contributed by atoms with van der Waals surface area (Å²) in [6.45, 7) is 4.34. The van der Waals surface area contributed by atoms with Crippen LogP contribution in [-0.2, 0) is 17.8 Å². The van der Waals surface area contributed by atoms with E-state index in [0.717, 1.165) is 28.3 Å². The van der Waals surface area contributed by atoms with Crippen molar-refractivity contribution >= 4 is 23.4 Å². The number of amides is 1. The Balaban J connectivity index is 1.82. The number of para-hydroxylation sites is 1. The first kappa shape index (κ1) is 19.2. The maximum atomic E-state index is 12.8. The Labute approximate surface area is 162 Å². The molecule has 0 unspecified atom stereocenters. The van der Waals surface area contributed by atoms with Crippen LogP contribution in [0.5, 0.6) is 5.75 Å². The topological polar surface area (TPSA) is 72.6 Å². The summed E-state index contributed by atoms with van der Waals surface area (Å²) in [5.41, 5.74) is 3.55. The van der Waals surface area contributed by atoms with Crippen LogP contribution in [0.4, 0.5) is 0 Å². The van der Waals surface area contributed by atoms with Crippen molar-refractivity contribution in [2.75, 3.05) is 20.4 Å². The molecule has 1 amide bonds. The van der Waals surface area contributed by atoms with Crippen molar-refractivity contribution in [3.63, 3.8) is 0 Å². The van der Waals surface area contributed by atoms with Crippen molar-refractivity contribution < 1.29 is 9.53 Å². The standard InChI is InChI=1S/C19H23N5O2S/c1-12-15(13(2)24-18(20-12)21-19(22-24)27-5)10-17(25)23(3)11-14-8-6-7-9-16(14)26-4/h6-9H,10-11H2,1-5H3. The fraction of sp³-hybridized carbons (Fsp3) is 0.368. The van der Waals surface area contributed by atoms with Gasteiger partial charge in [-0.2, -0.15) is 4.98 Å². The third kappa shape index (κ3) is 3.90. The van der Waals surface area contributed by atoms with Crippen LogP contribution in [0.3, 0.4) is 0 Å². The van der Waals surface area contributed by atoms with E-state index in [-0.39, 0.29) is 12.3 Å². The number of hydrogen-bond donors (Lipinski definition) is 0. The number of benzene rings is 1. The Morgan fingerprint density at radius 3 is 2.70 bits per heavy atom. The minimum Gasteiger partial charge on any atom is -0.496 e. The maximum absolute atomic E-state index is 12.8. The van der Waals surface area contributed by atoms with Gasteiger partial charge in [0.1, 0.15) is 5.75 Å². The molecule has 7 nitrogen and oxygen atoms in total. The van der Waals surface area contributed by atoms with Crippen LogP contribution < -0.4 is 4.74 Å². The van der Waals surface area contributed by atoms with Crippen molar-refractivity contribution in [3.8, 4) is 5.75 Å². The van der Waals surface area contributed by atoms with Crippen LogP contribution in [0, 0.1) is 13.8 Å². The van der Waals surface area contributed by atoms with E-state index >= 15 is 0 Å². The second-order valence-electron chi connectivity index (χ2n) is 6.31. The number of thioether (sulfide) groups is 1. The molecule has 0 fully saturated rings. The predicted octanol–water partition coefficient (Wildman–Crippen LogP) is 2.67. The van der Waals surface area contributed by atoms with Gasteiger partial charge in [0.05, 0.1) is 13.5 Å². The second kappa shape index (κ2) is 7.96. The monoisotopic (exact) mass is 385 g/mol. The highest BCUT2D eigenvalue weighted by atomic mass is 32.2. The molecule has 0 aliphatic heterocycles. The van der Waals surface area contributed by atoms with E-state index in [1.54, 1.807) is 23.6 Å². The maximum Gasteiger partial charge on any atom is 0.253 e. The molecule has 0 spiro atoms. The molecule has 142 valence electrons. The van der Waals surface area contributed by atoms with Gasteiger partial charge in [0.25, 0.3) is 5.78 Å². The first-order valence-corrected chi connectivity index (χ1v) is 9.79. The molecule has 0 aliphatic carbocycles. The fourth-order valence-electron chi connectivity index (χ4n) is 3.00. The molecule has 0 aliphatic rings. The molecule has 27 heavy (non-hydrogen) atoms. The normalized spacial score (nSPS) is 11.0. The Hall–Kier alpha value is -2.61. The summed E-state index contributed by atoms with van der Waals surface area (Å²) >= 11 is 1.47. The summed E-state index contributed by atoms with van der Waals surface area (Å²) in [5.74, 6) is 1.35. The van der Waals surface area contributed by atoms with Crippen LogP contribution >= 0.6 is 11.8 Å². The zero-order valence-electron chi connectivity index (χ0n) is 16.2. The third-order valence-electron chi connectivity index (χ3n) is 4.57. The van der Waals surface area contributed by atoms with Gasteiger partial charge in [-0.25, -0.2) is 9.50 Å². The lowest BCUT2D eigenvalue weighted by atomic mass is 10.1. The molecule has 3 aromatic rings. The van der Waals surface area contributed by atoms with Gasteiger partial charge < -0.3 is 9.64 Å². The number of aromatic nitrogens is 4. The van der Waals surface area contributed by atoms with Gasteiger partial charge in [0.2, 0.25) is 11.1 Å². The Morgan fingerprint density at radius 2 is 2.00 bits per heavy atom. The number of hydrogen-bond acceptors (Lipinski definition) is 6. The molecule has 0 saturated heterocycles. The van der Waals surface area contributed by atoms with Crippen molar-refractivity contribution in [1.29, 1.82) is 0 Å². The third-order valence-corrected chi connectivity index (χ3v) is 5.10. The van der Waals surface area contributed by atoms with Gasteiger partial charge in [-0.05, 0) is 26.2 Å². The minimum absolute atomic E-state index is 0.0125. The number of methoxy groups -OCH3 is 1. The van der Waals surface area contributed by atoms with Gasteiger partial charge in [-0.1, -0.05) is 30.0 Å². The summed E-state index contributed by atoms with van der Waals surface area (Å²) in [7, 11) is 3.43. The van der Waals surface area contributed by atoms with E-state index in [2.05, 4.69) is 15.1 Å². The lowest BCUT2D eigenvalue weighted by Crippen LogP contribution is -2.28. The van der Waals surface area contributed by atoms with Crippen molar-refractivity contribution in [1.82, 2.24) is 24.5 Å². The van der Waals surface area contributed by atoms with E-state index in [1.807, 2.05) is 44.4 Å². The summed E-state index contributed by atoms with van der Waals surface area (Å²) in [5, 5.41) is 5.11. The zero-order valence-corrected chi connectivity index (χ0v) is 17.0. The number of rotatable bonds is 6. The van der Waals surface area contributed by atoms with E-state index in [9.17, 15) is 4.79 Å². The average molecular weight is 385 g/mol. The van der Waals surface area contributed by atoms with Crippen LogP contribution in [0.1, 0.15) is 22.5 Å². The van der Waals surface area contributed by atoms with E-state index in [0.29, 0.717) is 17.5 Å². The largest absolute Gasteiger partial charge is 0.496 e. The molecule has 0 radical (unpaired) electrons. The number of carbonyl (C=O) groups excluding carboxylic acids is 1. The Bertz CT molecular complexity index is 986. The predicted molar refractivity (Wildman–Crippen MR) is 105 cm³/mol. The van der Waals surface area contributed by atoms with Gasteiger partial charge in [-0.15, -0.1) is 5.10 Å². The number of nitrogens with zero attached hydrogens (tertiary/aromatic N) is 5. The molecule has 2 heterocycles. The molecule has 1 aromatic carbocycles. The molecule has 8 heteroatoms. The molecular formula is C19H23N5O2S. The zero-order chi connectivity index (χ0) is 19.6. The number of fused-ring (bicyclic) bond motifs is 1. The molecule has 0 N–H and O–H groups in total.